The Bertz CT molecular complexity index is 2170. The third-order valence-electron chi connectivity index (χ3n) is 11.7. The molecule has 2 aliphatic rings. The molecule has 0 radical (unpaired) electrons. The topological polar surface area (TPSA) is 214 Å². The van der Waals surface area contributed by atoms with E-state index in [1.807, 2.05) is 98.3 Å². The molecule has 0 saturated carbocycles. The average Bonchev–Trinajstić information content (AvgIpc) is 3.91. The second kappa shape index (κ2) is 31.9. The summed E-state index contributed by atoms with van der Waals surface area (Å²) < 4.78 is 70.9. The molecule has 21 heteroatoms. The number of benzene rings is 3. The van der Waals surface area contributed by atoms with E-state index in [1.165, 1.54) is 0 Å². The second-order valence-corrected chi connectivity index (χ2v) is 25.2. The Hall–Kier alpha value is -3.39. The van der Waals surface area contributed by atoms with Gasteiger partial charge in [-0.2, -0.15) is 11.8 Å². The first kappa shape index (κ1) is 64.1. The van der Waals surface area contributed by atoms with Crippen LogP contribution in [0.3, 0.4) is 0 Å². The maximum atomic E-state index is 13.1. The molecule has 3 aromatic carbocycles. The smallest absolute Gasteiger partial charge is 0.406 e. The number of carbonyl (C=O) groups is 2. The molecule has 0 aliphatic carbocycles. The number of hydrogen-bond acceptors (Lipinski definition) is 14. The van der Waals surface area contributed by atoms with Crippen LogP contribution in [-0.2, 0) is 51.8 Å². The van der Waals surface area contributed by atoms with Gasteiger partial charge in [-0.05, 0) is 117 Å². The van der Waals surface area contributed by atoms with Crippen LogP contribution in [-0.4, -0.2) is 132 Å². The number of hydrogen-bond donors (Lipinski definition) is 6. The summed E-state index contributed by atoms with van der Waals surface area (Å²) in [7, 11) is -3.67. The molecule has 6 N–H and O–H groups in total. The fourth-order valence-corrected chi connectivity index (χ4v) is 13.6. The molecule has 6 unspecified atom stereocenters. The number of fused-ring (bicyclic) bond motifs is 1. The number of methoxy groups -OCH3 is 2. The Morgan fingerprint density at radius 1 is 0.733 bits per heavy atom. The van der Waals surface area contributed by atoms with E-state index in [0.717, 1.165) is 41.0 Å². The molecule has 18 nitrogen and oxygen atoms in total. The molecule has 6 atom stereocenters. The highest BCUT2D eigenvalue weighted by atomic mass is 32.2. The van der Waals surface area contributed by atoms with Gasteiger partial charge in [-0.1, -0.05) is 72.8 Å². The van der Waals surface area contributed by atoms with Gasteiger partial charge in [0.2, 0.25) is 5.91 Å². The maximum Gasteiger partial charge on any atom is 0.406 e. The van der Waals surface area contributed by atoms with Crippen LogP contribution < -0.4 is 36.2 Å². The lowest BCUT2D eigenvalue weighted by molar-refractivity contribution is -0.121. The molecule has 3 aromatic rings. The molecular weight excluding hydrogens is 1020 g/mol. The largest absolute Gasteiger partial charge is 0.497 e. The van der Waals surface area contributed by atoms with Crippen molar-refractivity contribution in [2.75, 3.05) is 79.2 Å². The molecular formula is C54H88N6O12P2S. The summed E-state index contributed by atoms with van der Waals surface area (Å²) in [6, 6.07) is 29.2. The highest BCUT2D eigenvalue weighted by molar-refractivity contribution is 8.00. The highest BCUT2D eigenvalue weighted by Gasteiger charge is 2.43. The third-order valence-corrected chi connectivity index (χ3v) is 17.2. The van der Waals surface area contributed by atoms with Crippen LogP contribution in [0.4, 0.5) is 4.79 Å². The predicted molar refractivity (Wildman–Crippen MR) is 299 cm³/mol. The number of amides is 3. The maximum absolute atomic E-state index is 13.1. The first-order valence-electron chi connectivity index (χ1n) is 26.2. The van der Waals surface area contributed by atoms with Gasteiger partial charge in [0.15, 0.2) is 0 Å². The van der Waals surface area contributed by atoms with Gasteiger partial charge in [0.25, 0.3) is 0 Å². The first-order chi connectivity index (χ1) is 35.6. The molecule has 75 heavy (non-hydrogen) atoms. The minimum Gasteiger partial charge on any atom is -0.497 e. The molecule has 0 bridgehead atoms. The number of rotatable bonds is 33. The van der Waals surface area contributed by atoms with Crippen molar-refractivity contribution in [1.29, 1.82) is 0 Å². The summed E-state index contributed by atoms with van der Waals surface area (Å²) in [4.78, 5) is 23.7. The number of carbonyl (C=O) groups excluding carboxylic acids is 2. The van der Waals surface area contributed by atoms with Crippen molar-refractivity contribution < 1.29 is 55.8 Å². The zero-order chi connectivity index (χ0) is 55.0. The molecule has 2 fully saturated rings. The first-order valence-corrected chi connectivity index (χ1v) is 30.4. The fraction of sp³-hybridized carbons (Fsp3) is 0.630. The van der Waals surface area contributed by atoms with Gasteiger partial charge in [0.05, 0.1) is 74.6 Å². The monoisotopic (exact) mass is 1110 g/mol. The van der Waals surface area contributed by atoms with E-state index < -0.39 is 32.2 Å². The summed E-state index contributed by atoms with van der Waals surface area (Å²) in [6.07, 6.45) is 3.01. The summed E-state index contributed by atoms with van der Waals surface area (Å²) >= 11 is 1.86. The van der Waals surface area contributed by atoms with Crippen molar-refractivity contribution >= 4 is 39.2 Å². The van der Waals surface area contributed by atoms with Gasteiger partial charge >= 0.3 is 21.5 Å². The van der Waals surface area contributed by atoms with Gasteiger partial charge in [-0.25, -0.2) is 24.1 Å². The third kappa shape index (κ3) is 22.8. The van der Waals surface area contributed by atoms with E-state index in [4.69, 9.17) is 37.0 Å². The molecule has 2 saturated heterocycles. The van der Waals surface area contributed by atoms with Crippen LogP contribution in [0.15, 0.2) is 84.9 Å². The molecule has 0 spiro atoms. The van der Waals surface area contributed by atoms with Gasteiger partial charge < -0.3 is 34.9 Å². The van der Waals surface area contributed by atoms with Crippen LogP contribution in [0, 0.1) is 0 Å². The Labute approximate surface area is 451 Å². The number of ether oxygens (including phenoxy) is 4. The lowest BCUT2D eigenvalue weighted by Crippen LogP contribution is -2.46. The van der Waals surface area contributed by atoms with Gasteiger partial charge in [0, 0.05) is 57.3 Å². The van der Waals surface area contributed by atoms with Crippen LogP contribution >= 0.6 is 27.3 Å². The zero-order valence-electron chi connectivity index (χ0n) is 46.3. The molecule has 2 aliphatic heterocycles. The minimum absolute atomic E-state index is 0.0156. The van der Waals surface area contributed by atoms with E-state index in [2.05, 4.69) is 92.1 Å². The molecule has 422 valence electrons. The van der Waals surface area contributed by atoms with Crippen LogP contribution in [0.25, 0.3) is 0 Å². The molecule has 5 rings (SSSR count). The van der Waals surface area contributed by atoms with Crippen LogP contribution in [0.1, 0.15) is 111 Å². The Morgan fingerprint density at radius 3 is 1.91 bits per heavy atom. The zero-order valence-corrected chi connectivity index (χ0v) is 48.9. The summed E-state index contributed by atoms with van der Waals surface area (Å²) in [5.41, 5.74) is 1.48. The van der Waals surface area contributed by atoms with Crippen LogP contribution in [0.2, 0.25) is 0 Å². The van der Waals surface area contributed by atoms with Gasteiger partial charge in [-0.15, -0.1) is 0 Å². The van der Waals surface area contributed by atoms with Crippen molar-refractivity contribution in [3.05, 3.63) is 102 Å². The molecule has 3 amide bonds. The lowest BCUT2D eigenvalue weighted by atomic mass is 9.77. The van der Waals surface area contributed by atoms with E-state index in [0.29, 0.717) is 77.1 Å². The van der Waals surface area contributed by atoms with Crippen molar-refractivity contribution in [3.8, 4) is 5.75 Å². The SMILES string of the molecule is CCOCCOP(=O)(NCCC(CCNC(=O)CCCC1SCC2NC(=O)NC21)OC)OC(C)(C)C.COc1ccc(C(NCCOCCNP(=O)(OC(C)C)OC(C)(C)C)(c2ccccc2)c2ccccc2)cc1. The Balaban J connectivity index is 0.000000326. The quantitative estimate of drug-likeness (QED) is 0.0145. The van der Waals surface area contributed by atoms with Crippen molar-refractivity contribution in [2.45, 2.75) is 141 Å². The van der Waals surface area contributed by atoms with Crippen molar-refractivity contribution in [1.82, 2.24) is 31.4 Å². The van der Waals surface area contributed by atoms with E-state index >= 15 is 0 Å². The van der Waals surface area contributed by atoms with Crippen molar-refractivity contribution in [3.63, 3.8) is 0 Å². The fourth-order valence-electron chi connectivity index (χ4n) is 8.56. The summed E-state index contributed by atoms with van der Waals surface area (Å²) in [5, 5.41) is 18.9. The lowest BCUT2D eigenvalue weighted by Gasteiger charge is -2.37. The molecule has 0 aromatic heterocycles. The predicted octanol–water partition coefficient (Wildman–Crippen LogP) is 9.33. The Kier molecular flexibility index (Phi) is 27.3. The summed E-state index contributed by atoms with van der Waals surface area (Å²) in [6.45, 7) is 20.2. The second-order valence-electron chi connectivity index (χ2n) is 20.5. The van der Waals surface area contributed by atoms with Crippen molar-refractivity contribution in [2.24, 2.45) is 0 Å². The van der Waals surface area contributed by atoms with E-state index in [1.54, 1.807) is 14.2 Å². The summed E-state index contributed by atoms with van der Waals surface area (Å²) in [5.74, 6) is 1.74. The highest BCUT2D eigenvalue weighted by Crippen LogP contribution is 2.49. The standard InChI is InChI=1S/C31H43N2O5P.C23H45N4O7PS/c1-25(2)37-39(34,38-30(3,4)5)33-22-24-36-23-21-32-31(26-13-9-7-10-14-26,27-15-11-8-12-16-27)28-17-19-29(35-6)20-18-28;1-6-32-14-15-33-35(30,34-23(2,3)4)25-13-11-17(31-5)10-12-24-20(28)9-7-8-19-21-18(16-36-19)26-22(29)27-21/h7-20,25,32H,21-24H2,1-6H3,(H,33,34);17-19,21H,6-16H2,1-5H3,(H,24,28)(H,25,30)(H2,26,27,29). The van der Waals surface area contributed by atoms with E-state index in [-0.39, 0.29) is 42.8 Å². The average molecular weight is 1110 g/mol. The number of thioether (sulfide) groups is 1. The normalized spacial score (nSPS) is 18.7. The van der Waals surface area contributed by atoms with E-state index in [9.17, 15) is 18.7 Å². The Morgan fingerprint density at radius 2 is 1.32 bits per heavy atom. The number of urea groups is 1. The van der Waals surface area contributed by atoms with Gasteiger partial charge in [0.1, 0.15) is 5.75 Å². The van der Waals surface area contributed by atoms with Crippen LogP contribution in [0.5, 0.6) is 5.75 Å². The van der Waals surface area contributed by atoms with Gasteiger partial charge in [-0.3, -0.25) is 28.2 Å². The number of nitrogens with one attached hydrogen (secondary N) is 6. The molecule has 2 heterocycles. The minimum atomic E-state index is -3.51.